The van der Waals surface area contributed by atoms with Crippen molar-refractivity contribution < 1.29 is 5.11 Å². The highest BCUT2D eigenvalue weighted by Crippen LogP contribution is 2.35. The zero-order chi connectivity index (χ0) is 9.97. The number of hydrogen-bond donors (Lipinski definition) is 1. The third-order valence-electron chi connectivity index (χ3n) is 3.07. The molecule has 1 nitrogen and oxygen atoms in total. The van der Waals surface area contributed by atoms with E-state index in [1.165, 1.54) is 11.1 Å². The van der Waals surface area contributed by atoms with Gasteiger partial charge in [-0.05, 0) is 29.4 Å². The summed E-state index contributed by atoms with van der Waals surface area (Å²) < 4.78 is 0. The minimum atomic E-state index is 0.300. The fraction of sp³-hybridized carbons (Fsp3) is 0.385. The van der Waals surface area contributed by atoms with Crippen LogP contribution in [0, 0.1) is 11.8 Å². The molecule has 1 aromatic rings. The van der Waals surface area contributed by atoms with Crippen LogP contribution in [-0.4, -0.2) is 11.7 Å². The van der Waals surface area contributed by atoms with E-state index < -0.39 is 0 Å². The lowest BCUT2D eigenvalue weighted by molar-refractivity contribution is 0.209. The van der Waals surface area contributed by atoms with Crippen molar-refractivity contribution in [3.8, 4) is 0 Å². The Labute approximate surface area is 85.1 Å². The fourth-order valence-corrected chi connectivity index (χ4v) is 2.09. The highest BCUT2D eigenvalue weighted by molar-refractivity contribution is 5.67. The summed E-state index contributed by atoms with van der Waals surface area (Å²) in [6.45, 7) is 2.48. The summed E-state index contributed by atoms with van der Waals surface area (Å²) in [5.74, 6) is 0.931. The molecule has 2 rings (SSSR count). The lowest BCUT2D eigenvalue weighted by Gasteiger charge is -2.10. The van der Waals surface area contributed by atoms with Crippen LogP contribution in [0.4, 0.5) is 0 Å². The van der Waals surface area contributed by atoms with Gasteiger partial charge < -0.3 is 5.11 Å². The molecule has 0 saturated heterocycles. The Morgan fingerprint density at radius 3 is 2.57 bits per heavy atom. The van der Waals surface area contributed by atoms with Crippen LogP contribution in [0.5, 0.6) is 0 Å². The summed E-state index contributed by atoms with van der Waals surface area (Å²) in [7, 11) is 0. The SMILES string of the molecule is CC1C=C(c2ccccc2)CC1CO. The highest BCUT2D eigenvalue weighted by Gasteiger charge is 2.23. The number of aliphatic hydroxyl groups excluding tert-OH is 1. The van der Waals surface area contributed by atoms with Crippen LogP contribution in [0.25, 0.3) is 5.57 Å². The molecule has 0 aromatic heterocycles. The molecule has 74 valence electrons. The standard InChI is InChI=1S/C13H16O/c1-10-7-12(8-13(10)9-14)11-5-3-2-4-6-11/h2-7,10,13-14H,8-9H2,1H3. The van der Waals surface area contributed by atoms with Gasteiger partial charge in [-0.1, -0.05) is 43.3 Å². The summed E-state index contributed by atoms with van der Waals surface area (Å²) in [4.78, 5) is 0. The van der Waals surface area contributed by atoms with E-state index in [-0.39, 0.29) is 0 Å². The first-order valence-electron chi connectivity index (χ1n) is 5.18. The van der Waals surface area contributed by atoms with Gasteiger partial charge in [0.2, 0.25) is 0 Å². The third kappa shape index (κ3) is 1.73. The average molecular weight is 188 g/mol. The summed E-state index contributed by atoms with van der Waals surface area (Å²) in [5, 5.41) is 9.17. The maximum Gasteiger partial charge on any atom is 0.0467 e. The molecule has 1 heteroatoms. The molecule has 2 unspecified atom stereocenters. The molecule has 1 N–H and O–H groups in total. The first kappa shape index (κ1) is 9.47. The summed E-state index contributed by atoms with van der Waals surface area (Å²) in [6.07, 6.45) is 3.30. The van der Waals surface area contributed by atoms with Crippen molar-refractivity contribution in [1.82, 2.24) is 0 Å². The van der Waals surface area contributed by atoms with E-state index in [2.05, 4.69) is 37.3 Å². The molecule has 0 spiro atoms. The summed E-state index contributed by atoms with van der Waals surface area (Å²) in [5.41, 5.74) is 2.69. The number of hydrogen-bond acceptors (Lipinski definition) is 1. The van der Waals surface area contributed by atoms with E-state index in [1.807, 2.05) is 6.07 Å². The lowest BCUT2D eigenvalue weighted by Crippen LogP contribution is -2.08. The second kappa shape index (κ2) is 3.97. The van der Waals surface area contributed by atoms with Gasteiger partial charge in [0.25, 0.3) is 0 Å². The van der Waals surface area contributed by atoms with Gasteiger partial charge in [-0.25, -0.2) is 0 Å². The Balaban J connectivity index is 2.19. The van der Waals surface area contributed by atoms with E-state index in [1.54, 1.807) is 0 Å². The minimum Gasteiger partial charge on any atom is -0.396 e. The molecule has 2 atom stereocenters. The molecule has 0 bridgehead atoms. The minimum absolute atomic E-state index is 0.300. The Kier molecular flexibility index (Phi) is 2.69. The predicted octanol–water partition coefficient (Wildman–Crippen LogP) is 2.72. The first-order chi connectivity index (χ1) is 6.81. The van der Waals surface area contributed by atoms with Crippen LogP contribution in [0.1, 0.15) is 18.9 Å². The van der Waals surface area contributed by atoms with Crippen molar-refractivity contribution in [2.24, 2.45) is 11.8 Å². The molecular weight excluding hydrogens is 172 g/mol. The second-order valence-corrected chi connectivity index (χ2v) is 4.06. The quantitative estimate of drug-likeness (QED) is 0.756. The smallest absolute Gasteiger partial charge is 0.0467 e. The Morgan fingerprint density at radius 1 is 1.29 bits per heavy atom. The van der Waals surface area contributed by atoms with Crippen molar-refractivity contribution in [3.63, 3.8) is 0 Å². The van der Waals surface area contributed by atoms with Crippen LogP contribution < -0.4 is 0 Å². The maximum atomic E-state index is 9.17. The van der Waals surface area contributed by atoms with E-state index in [0.29, 0.717) is 18.4 Å². The number of aliphatic hydroxyl groups is 1. The van der Waals surface area contributed by atoms with Gasteiger partial charge in [0.1, 0.15) is 0 Å². The largest absolute Gasteiger partial charge is 0.396 e. The van der Waals surface area contributed by atoms with E-state index in [4.69, 9.17) is 5.11 Å². The monoisotopic (exact) mass is 188 g/mol. The number of rotatable bonds is 2. The van der Waals surface area contributed by atoms with Gasteiger partial charge in [0.15, 0.2) is 0 Å². The van der Waals surface area contributed by atoms with Gasteiger partial charge in [0.05, 0.1) is 0 Å². The fourth-order valence-electron chi connectivity index (χ4n) is 2.09. The third-order valence-corrected chi connectivity index (χ3v) is 3.07. The lowest BCUT2D eigenvalue weighted by atomic mass is 9.97. The van der Waals surface area contributed by atoms with Crippen molar-refractivity contribution in [3.05, 3.63) is 42.0 Å². The van der Waals surface area contributed by atoms with Crippen LogP contribution in [0.15, 0.2) is 36.4 Å². The van der Waals surface area contributed by atoms with Gasteiger partial charge >= 0.3 is 0 Å². The van der Waals surface area contributed by atoms with E-state index in [0.717, 1.165) is 6.42 Å². The zero-order valence-electron chi connectivity index (χ0n) is 8.48. The molecule has 1 aromatic carbocycles. The molecule has 14 heavy (non-hydrogen) atoms. The molecule has 1 aliphatic carbocycles. The Hall–Kier alpha value is -1.08. The van der Waals surface area contributed by atoms with Crippen LogP contribution in [0.3, 0.4) is 0 Å². The molecule has 0 aliphatic heterocycles. The van der Waals surface area contributed by atoms with Gasteiger partial charge in [0, 0.05) is 6.61 Å². The molecule has 0 heterocycles. The molecule has 0 fully saturated rings. The Morgan fingerprint density at radius 2 is 2.00 bits per heavy atom. The van der Waals surface area contributed by atoms with Crippen molar-refractivity contribution >= 4 is 5.57 Å². The normalized spacial score (nSPS) is 26.3. The van der Waals surface area contributed by atoms with E-state index >= 15 is 0 Å². The highest BCUT2D eigenvalue weighted by atomic mass is 16.3. The maximum absolute atomic E-state index is 9.17. The van der Waals surface area contributed by atoms with Crippen molar-refractivity contribution in [2.45, 2.75) is 13.3 Å². The van der Waals surface area contributed by atoms with Gasteiger partial charge in [-0.15, -0.1) is 0 Å². The number of benzene rings is 1. The molecule has 0 saturated carbocycles. The zero-order valence-corrected chi connectivity index (χ0v) is 8.48. The molecular formula is C13H16O. The Bertz CT molecular complexity index is 326. The van der Waals surface area contributed by atoms with Gasteiger partial charge in [-0.3, -0.25) is 0 Å². The van der Waals surface area contributed by atoms with Crippen LogP contribution in [-0.2, 0) is 0 Å². The molecule has 1 aliphatic rings. The van der Waals surface area contributed by atoms with Crippen LogP contribution in [0.2, 0.25) is 0 Å². The molecule has 0 radical (unpaired) electrons. The second-order valence-electron chi connectivity index (χ2n) is 4.06. The van der Waals surface area contributed by atoms with Crippen molar-refractivity contribution in [2.75, 3.05) is 6.61 Å². The van der Waals surface area contributed by atoms with E-state index in [9.17, 15) is 0 Å². The summed E-state index contributed by atoms with van der Waals surface area (Å²) >= 11 is 0. The summed E-state index contributed by atoms with van der Waals surface area (Å²) in [6, 6.07) is 10.4. The topological polar surface area (TPSA) is 20.2 Å². The average Bonchev–Trinajstić information content (AvgIpc) is 2.61. The number of allylic oxidation sites excluding steroid dienone is 2. The first-order valence-corrected chi connectivity index (χ1v) is 5.18. The predicted molar refractivity (Wildman–Crippen MR) is 58.8 cm³/mol. The van der Waals surface area contributed by atoms with Crippen molar-refractivity contribution in [1.29, 1.82) is 0 Å². The van der Waals surface area contributed by atoms with Crippen LogP contribution >= 0.6 is 0 Å². The molecule has 0 amide bonds. The van der Waals surface area contributed by atoms with Gasteiger partial charge in [-0.2, -0.15) is 0 Å².